The van der Waals surface area contributed by atoms with E-state index in [0.29, 0.717) is 0 Å². The first kappa shape index (κ1) is 8.53. The lowest BCUT2D eigenvalue weighted by molar-refractivity contribution is 0.411. The van der Waals surface area contributed by atoms with Gasteiger partial charge in [0.1, 0.15) is 11.5 Å². The van der Waals surface area contributed by atoms with Crippen LogP contribution in [0.15, 0.2) is 36.7 Å². The van der Waals surface area contributed by atoms with Crippen LogP contribution in [0.2, 0.25) is 0 Å². The van der Waals surface area contributed by atoms with Crippen molar-refractivity contribution in [1.82, 2.24) is 9.55 Å². The molecule has 2 heterocycles. The van der Waals surface area contributed by atoms with Crippen LogP contribution in [0.3, 0.4) is 0 Å². The molecule has 1 aliphatic heterocycles. The summed E-state index contributed by atoms with van der Waals surface area (Å²) >= 11 is 0. The van der Waals surface area contributed by atoms with E-state index in [1.807, 2.05) is 24.5 Å². The van der Waals surface area contributed by atoms with Gasteiger partial charge in [0.15, 0.2) is 0 Å². The maximum atomic E-state index is 4.42. The predicted molar refractivity (Wildman–Crippen MR) is 60.6 cm³/mol. The number of para-hydroxylation sites is 1. The number of imidazole rings is 1. The molecule has 0 aliphatic carbocycles. The van der Waals surface area contributed by atoms with Crippen molar-refractivity contribution in [2.24, 2.45) is 0 Å². The maximum absolute atomic E-state index is 4.42. The van der Waals surface area contributed by atoms with Crippen molar-refractivity contribution in [2.45, 2.75) is 19.5 Å². The monoisotopic (exact) mass is 199 g/mol. The lowest BCUT2D eigenvalue weighted by atomic mass is 10.1. The number of fused-ring (bicyclic) bond motifs is 3. The molecule has 0 atom stereocenters. The summed E-state index contributed by atoms with van der Waals surface area (Å²) < 4.78 is 2.16. The Balaban J connectivity index is 2.32. The van der Waals surface area contributed by atoms with Crippen LogP contribution in [-0.2, 0) is 5.66 Å². The fourth-order valence-electron chi connectivity index (χ4n) is 2.13. The molecule has 1 N–H and O–H groups in total. The summed E-state index contributed by atoms with van der Waals surface area (Å²) in [6.45, 7) is 4.29. The molecule has 3 nitrogen and oxygen atoms in total. The summed E-state index contributed by atoms with van der Waals surface area (Å²) in [6.07, 6.45) is 3.86. The minimum absolute atomic E-state index is 0.111. The van der Waals surface area contributed by atoms with Crippen molar-refractivity contribution in [2.75, 3.05) is 5.32 Å². The van der Waals surface area contributed by atoms with Crippen molar-refractivity contribution < 1.29 is 0 Å². The van der Waals surface area contributed by atoms with E-state index in [4.69, 9.17) is 0 Å². The minimum Gasteiger partial charge on any atom is -0.362 e. The summed E-state index contributed by atoms with van der Waals surface area (Å²) in [7, 11) is 0. The third kappa shape index (κ3) is 1.09. The maximum Gasteiger partial charge on any atom is 0.143 e. The molecule has 0 bridgehead atoms. The average molecular weight is 199 g/mol. The second-order valence-corrected chi connectivity index (χ2v) is 4.35. The Hall–Kier alpha value is -1.77. The fraction of sp³-hybridized carbons (Fsp3) is 0.250. The number of anilines is 1. The number of rotatable bonds is 0. The number of nitrogens with one attached hydrogen (secondary N) is 1. The van der Waals surface area contributed by atoms with Gasteiger partial charge in [0.05, 0.1) is 0 Å². The van der Waals surface area contributed by atoms with E-state index in [2.05, 4.69) is 40.8 Å². The zero-order valence-electron chi connectivity index (χ0n) is 8.86. The van der Waals surface area contributed by atoms with Gasteiger partial charge in [-0.25, -0.2) is 4.98 Å². The molecule has 15 heavy (non-hydrogen) atoms. The summed E-state index contributed by atoms with van der Waals surface area (Å²) in [5.74, 6) is 1.04. The number of aromatic nitrogens is 2. The van der Waals surface area contributed by atoms with Gasteiger partial charge in [-0.05, 0) is 26.0 Å². The fourth-order valence-corrected chi connectivity index (χ4v) is 2.13. The number of hydrogen-bond donors (Lipinski definition) is 1. The quantitative estimate of drug-likeness (QED) is 0.707. The van der Waals surface area contributed by atoms with Gasteiger partial charge < -0.3 is 9.88 Å². The molecule has 0 saturated carbocycles. The molecular formula is C12H13N3. The van der Waals surface area contributed by atoms with Gasteiger partial charge in [0.25, 0.3) is 0 Å². The van der Waals surface area contributed by atoms with E-state index in [1.165, 1.54) is 5.56 Å². The second-order valence-electron chi connectivity index (χ2n) is 4.35. The summed E-state index contributed by atoms with van der Waals surface area (Å²) in [5, 5.41) is 3.50. The first-order chi connectivity index (χ1) is 7.18. The molecule has 0 saturated heterocycles. The van der Waals surface area contributed by atoms with Gasteiger partial charge in [-0.1, -0.05) is 12.1 Å². The second kappa shape index (κ2) is 2.63. The highest BCUT2D eigenvalue weighted by atomic mass is 15.3. The largest absolute Gasteiger partial charge is 0.362 e. The molecule has 76 valence electrons. The topological polar surface area (TPSA) is 29.9 Å². The smallest absolute Gasteiger partial charge is 0.143 e. The van der Waals surface area contributed by atoms with Crippen molar-refractivity contribution in [1.29, 1.82) is 0 Å². The Morgan fingerprint density at radius 3 is 2.93 bits per heavy atom. The van der Waals surface area contributed by atoms with Crippen molar-refractivity contribution in [3.8, 4) is 11.4 Å². The number of hydrogen-bond acceptors (Lipinski definition) is 2. The van der Waals surface area contributed by atoms with Gasteiger partial charge in [-0.3, -0.25) is 0 Å². The van der Waals surface area contributed by atoms with E-state index >= 15 is 0 Å². The molecule has 0 amide bonds. The van der Waals surface area contributed by atoms with Crippen LogP contribution in [0, 0.1) is 0 Å². The molecule has 0 spiro atoms. The van der Waals surface area contributed by atoms with Crippen molar-refractivity contribution in [3.63, 3.8) is 0 Å². The zero-order valence-corrected chi connectivity index (χ0v) is 8.86. The summed E-state index contributed by atoms with van der Waals surface area (Å²) in [4.78, 5) is 4.42. The van der Waals surface area contributed by atoms with Crippen LogP contribution in [-0.4, -0.2) is 9.55 Å². The Kier molecular flexibility index (Phi) is 1.49. The van der Waals surface area contributed by atoms with Gasteiger partial charge in [0, 0.05) is 23.6 Å². The molecule has 0 unspecified atom stereocenters. The molecule has 3 heteroatoms. The van der Waals surface area contributed by atoms with Crippen molar-refractivity contribution in [3.05, 3.63) is 36.7 Å². The molecule has 0 radical (unpaired) electrons. The van der Waals surface area contributed by atoms with Crippen LogP contribution < -0.4 is 5.32 Å². The summed E-state index contributed by atoms with van der Waals surface area (Å²) in [5.41, 5.74) is 2.21. The highest BCUT2D eigenvalue weighted by molar-refractivity contribution is 5.76. The Morgan fingerprint density at radius 1 is 1.27 bits per heavy atom. The standard InChI is InChI=1S/C12H13N3/c1-12(2)14-10-6-4-3-5-9(10)11-13-7-8-15(11)12/h3-8,14H,1-2H3. The lowest BCUT2D eigenvalue weighted by Gasteiger charge is -2.35. The van der Waals surface area contributed by atoms with Gasteiger partial charge in [-0.2, -0.15) is 0 Å². The third-order valence-corrected chi connectivity index (χ3v) is 2.85. The Bertz CT molecular complexity index is 511. The molecule has 1 aromatic heterocycles. The first-order valence-electron chi connectivity index (χ1n) is 5.10. The van der Waals surface area contributed by atoms with E-state index in [0.717, 1.165) is 11.5 Å². The zero-order chi connectivity index (χ0) is 10.5. The first-order valence-corrected chi connectivity index (χ1v) is 5.10. The van der Waals surface area contributed by atoms with Crippen LogP contribution in [0.4, 0.5) is 5.69 Å². The van der Waals surface area contributed by atoms with Gasteiger partial charge in [-0.15, -0.1) is 0 Å². The van der Waals surface area contributed by atoms with Crippen LogP contribution in [0.5, 0.6) is 0 Å². The molecule has 0 fully saturated rings. The minimum atomic E-state index is -0.111. The molecule has 1 aromatic carbocycles. The van der Waals surface area contributed by atoms with E-state index in [-0.39, 0.29) is 5.66 Å². The van der Waals surface area contributed by atoms with Gasteiger partial charge >= 0.3 is 0 Å². The molecule has 2 aromatic rings. The van der Waals surface area contributed by atoms with Crippen LogP contribution in [0.25, 0.3) is 11.4 Å². The summed E-state index contributed by atoms with van der Waals surface area (Å²) in [6, 6.07) is 8.27. The van der Waals surface area contributed by atoms with E-state index in [9.17, 15) is 0 Å². The molecular weight excluding hydrogens is 186 g/mol. The van der Waals surface area contributed by atoms with Crippen LogP contribution >= 0.6 is 0 Å². The van der Waals surface area contributed by atoms with Crippen molar-refractivity contribution >= 4 is 5.69 Å². The predicted octanol–water partition coefficient (Wildman–Crippen LogP) is 2.67. The molecule has 3 rings (SSSR count). The number of benzene rings is 1. The van der Waals surface area contributed by atoms with E-state index < -0.39 is 0 Å². The Morgan fingerprint density at radius 2 is 2.07 bits per heavy atom. The average Bonchev–Trinajstić information content (AvgIpc) is 2.66. The highest BCUT2D eigenvalue weighted by Crippen LogP contribution is 2.36. The normalized spacial score (nSPS) is 16.4. The van der Waals surface area contributed by atoms with Crippen LogP contribution in [0.1, 0.15) is 13.8 Å². The van der Waals surface area contributed by atoms with Gasteiger partial charge in [0.2, 0.25) is 0 Å². The third-order valence-electron chi connectivity index (χ3n) is 2.85. The van der Waals surface area contributed by atoms with E-state index in [1.54, 1.807) is 0 Å². The SMILES string of the molecule is CC1(C)Nc2ccccc2-c2nccn21. The highest BCUT2D eigenvalue weighted by Gasteiger charge is 2.29. The Labute approximate surface area is 88.8 Å². The molecule has 1 aliphatic rings. The lowest BCUT2D eigenvalue weighted by Crippen LogP contribution is -2.38. The number of nitrogens with zero attached hydrogens (tertiary/aromatic N) is 2.